The van der Waals surface area contributed by atoms with Gasteiger partial charge in [0.05, 0.1) is 24.1 Å². The van der Waals surface area contributed by atoms with Gasteiger partial charge in [0, 0.05) is 39.3 Å². The maximum atomic E-state index is 12.1. The van der Waals surface area contributed by atoms with E-state index in [9.17, 15) is 4.79 Å². The smallest absolute Gasteiger partial charge is 0.239 e. The Hall–Kier alpha value is -2.71. The molecule has 1 aromatic carbocycles. The van der Waals surface area contributed by atoms with Gasteiger partial charge >= 0.3 is 0 Å². The molecule has 1 amide bonds. The van der Waals surface area contributed by atoms with Crippen LogP contribution >= 0.6 is 0 Å². The van der Waals surface area contributed by atoms with Crippen molar-refractivity contribution in [1.29, 1.82) is 0 Å². The summed E-state index contributed by atoms with van der Waals surface area (Å²) in [7, 11) is 2.07. The molecule has 0 aliphatic carbocycles. The number of benzene rings is 1. The number of carbonyl (C=O) groups excluding carboxylic acids is 1. The number of fused-ring (bicyclic) bond motifs is 1. The summed E-state index contributed by atoms with van der Waals surface area (Å²) >= 11 is 0. The van der Waals surface area contributed by atoms with Crippen molar-refractivity contribution in [2.75, 3.05) is 38.0 Å². The van der Waals surface area contributed by atoms with Crippen LogP contribution in [0.2, 0.25) is 0 Å². The van der Waals surface area contributed by atoms with Crippen LogP contribution in [0.1, 0.15) is 11.6 Å². The average molecular weight is 368 g/mol. The number of rotatable bonds is 5. The van der Waals surface area contributed by atoms with Gasteiger partial charge in [-0.05, 0) is 19.1 Å². The zero-order valence-electron chi connectivity index (χ0n) is 15.7. The standard InChI is InChI=1S/C19H24N6O2/c1-14-11-17(22-27-14)21-19(26)13-25-9-7-24(8-10-25)12-18-20-15-5-3-4-6-16(15)23(18)2/h3-6,11H,7-10,12-13H2,1-2H3,(H,21,22,26). The van der Waals surface area contributed by atoms with Crippen LogP contribution in [0.25, 0.3) is 11.0 Å². The summed E-state index contributed by atoms with van der Waals surface area (Å²) in [4.78, 5) is 21.4. The summed E-state index contributed by atoms with van der Waals surface area (Å²) in [5, 5.41) is 6.56. The maximum absolute atomic E-state index is 12.1. The summed E-state index contributed by atoms with van der Waals surface area (Å²) in [6.45, 7) is 6.53. The van der Waals surface area contributed by atoms with Gasteiger partial charge in [0.15, 0.2) is 5.82 Å². The molecule has 3 aromatic rings. The highest BCUT2D eigenvalue weighted by atomic mass is 16.5. The van der Waals surface area contributed by atoms with Gasteiger partial charge in [-0.1, -0.05) is 17.3 Å². The van der Waals surface area contributed by atoms with E-state index in [-0.39, 0.29) is 5.91 Å². The monoisotopic (exact) mass is 368 g/mol. The molecule has 142 valence electrons. The van der Waals surface area contributed by atoms with Crippen molar-refractivity contribution in [3.63, 3.8) is 0 Å². The highest BCUT2D eigenvalue weighted by molar-refractivity contribution is 5.91. The molecule has 4 rings (SSSR count). The number of piperazine rings is 1. The molecular formula is C19H24N6O2. The average Bonchev–Trinajstić information content (AvgIpc) is 3.20. The van der Waals surface area contributed by atoms with Gasteiger partial charge in [0.2, 0.25) is 5.91 Å². The minimum Gasteiger partial charge on any atom is -0.360 e. The molecule has 1 fully saturated rings. The van der Waals surface area contributed by atoms with Crippen molar-refractivity contribution >= 4 is 22.8 Å². The molecule has 1 saturated heterocycles. The SMILES string of the molecule is Cc1cc(NC(=O)CN2CCN(Cc3nc4ccccc4n3C)CC2)no1. The molecule has 1 aliphatic heterocycles. The van der Waals surface area contributed by atoms with Gasteiger partial charge in [-0.15, -0.1) is 0 Å². The zero-order chi connectivity index (χ0) is 18.8. The molecule has 3 heterocycles. The summed E-state index contributed by atoms with van der Waals surface area (Å²) in [6.07, 6.45) is 0. The fraction of sp³-hybridized carbons (Fsp3) is 0.421. The zero-order valence-corrected chi connectivity index (χ0v) is 15.7. The Morgan fingerprint density at radius 2 is 1.93 bits per heavy atom. The Kier molecular flexibility index (Phi) is 4.91. The van der Waals surface area contributed by atoms with E-state index in [1.54, 1.807) is 13.0 Å². The number of hydrogen-bond donors (Lipinski definition) is 1. The Morgan fingerprint density at radius 3 is 2.63 bits per heavy atom. The van der Waals surface area contributed by atoms with Crippen molar-refractivity contribution in [2.45, 2.75) is 13.5 Å². The van der Waals surface area contributed by atoms with Crippen LogP contribution in [-0.2, 0) is 18.4 Å². The predicted octanol–water partition coefficient (Wildman–Crippen LogP) is 1.63. The van der Waals surface area contributed by atoms with Gasteiger partial charge in [-0.25, -0.2) is 4.98 Å². The van der Waals surface area contributed by atoms with Crippen LogP contribution in [-0.4, -0.2) is 63.1 Å². The van der Waals surface area contributed by atoms with Crippen LogP contribution < -0.4 is 5.32 Å². The second-order valence-corrected chi connectivity index (χ2v) is 7.00. The second-order valence-electron chi connectivity index (χ2n) is 7.00. The molecule has 0 unspecified atom stereocenters. The Balaban J connectivity index is 1.28. The van der Waals surface area contributed by atoms with Crippen molar-refractivity contribution in [1.82, 2.24) is 24.5 Å². The van der Waals surface area contributed by atoms with Crippen LogP contribution in [0.5, 0.6) is 0 Å². The highest BCUT2D eigenvalue weighted by Crippen LogP contribution is 2.16. The molecule has 2 aromatic heterocycles. The minimum atomic E-state index is -0.0629. The number of para-hydroxylation sites is 2. The van der Waals surface area contributed by atoms with Crippen LogP contribution in [0.4, 0.5) is 5.82 Å². The number of imidazole rings is 1. The number of nitrogens with zero attached hydrogens (tertiary/aromatic N) is 5. The summed E-state index contributed by atoms with van der Waals surface area (Å²) in [5.74, 6) is 2.16. The topological polar surface area (TPSA) is 79.4 Å². The van der Waals surface area contributed by atoms with Crippen molar-refractivity contribution in [3.8, 4) is 0 Å². The van der Waals surface area contributed by atoms with E-state index in [0.717, 1.165) is 49.6 Å². The summed E-state index contributed by atoms with van der Waals surface area (Å²) < 4.78 is 7.13. The molecule has 0 saturated carbocycles. The molecule has 0 atom stereocenters. The maximum Gasteiger partial charge on any atom is 0.239 e. The fourth-order valence-electron chi connectivity index (χ4n) is 3.45. The number of amides is 1. The number of anilines is 1. The second kappa shape index (κ2) is 7.50. The molecule has 0 radical (unpaired) electrons. The van der Waals surface area contributed by atoms with Crippen LogP contribution in [0.15, 0.2) is 34.9 Å². The molecule has 1 aliphatic rings. The first-order chi connectivity index (χ1) is 13.1. The Labute approximate surface area is 157 Å². The molecule has 1 N–H and O–H groups in total. The number of nitrogens with one attached hydrogen (secondary N) is 1. The van der Waals surface area contributed by atoms with Gasteiger partial charge < -0.3 is 14.4 Å². The lowest BCUT2D eigenvalue weighted by molar-refractivity contribution is -0.117. The molecule has 8 heteroatoms. The van der Waals surface area contributed by atoms with E-state index in [4.69, 9.17) is 9.51 Å². The van der Waals surface area contributed by atoms with Crippen molar-refractivity contribution in [2.24, 2.45) is 7.05 Å². The third-order valence-corrected chi connectivity index (χ3v) is 4.97. The van der Waals surface area contributed by atoms with Crippen LogP contribution in [0.3, 0.4) is 0 Å². The Bertz CT molecular complexity index is 939. The normalized spacial score (nSPS) is 16.1. The number of hydrogen-bond acceptors (Lipinski definition) is 6. The summed E-state index contributed by atoms with van der Waals surface area (Å²) in [6, 6.07) is 9.92. The predicted molar refractivity (Wildman–Crippen MR) is 102 cm³/mol. The van der Waals surface area contributed by atoms with E-state index in [2.05, 4.69) is 38.0 Å². The first-order valence-electron chi connectivity index (χ1n) is 9.17. The largest absolute Gasteiger partial charge is 0.360 e. The number of aryl methyl sites for hydroxylation is 2. The minimum absolute atomic E-state index is 0.0629. The van der Waals surface area contributed by atoms with Crippen molar-refractivity contribution < 1.29 is 9.32 Å². The van der Waals surface area contributed by atoms with Crippen molar-refractivity contribution in [3.05, 3.63) is 41.9 Å². The molecular weight excluding hydrogens is 344 g/mol. The van der Waals surface area contributed by atoms with Gasteiger partial charge in [-0.3, -0.25) is 14.6 Å². The Morgan fingerprint density at radius 1 is 1.19 bits per heavy atom. The summed E-state index contributed by atoms with van der Waals surface area (Å²) in [5.41, 5.74) is 2.19. The van der Waals surface area contributed by atoms with Gasteiger partial charge in [0.1, 0.15) is 11.6 Å². The third-order valence-electron chi connectivity index (χ3n) is 4.97. The van der Waals surface area contributed by atoms with Crippen LogP contribution in [0, 0.1) is 6.92 Å². The fourth-order valence-corrected chi connectivity index (χ4v) is 3.45. The molecule has 8 nitrogen and oxygen atoms in total. The lowest BCUT2D eigenvalue weighted by atomic mass is 10.3. The first kappa shape index (κ1) is 17.7. The lowest BCUT2D eigenvalue weighted by Crippen LogP contribution is -2.48. The van der Waals surface area contributed by atoms with E-state index < -0.39 is 0 Å². The first-order valence-corrected chi connectivity index (χ1v) is 9.17. The third kappa shape index (κ3) is 4.01. The van der Waals surface area contributed by atoms with Gasteiger partial charge in [0.25, 0.3) is 0 Å². The van der Waals surface area contributed by atoms with E-state index in [0.29, 0.717) is 18.1 Å². The quantitative estimate of drug-likeness (QED) is 0.737. The lowest BCUT2D eigenvalue weighted by Gasteiger charge is -2.33. The highest BCUT2D eigenvalue weighted by Gasteiger charge is 2.21. The van der Waals surface area contributed by atoms with E-state index >= 15 is 0 Å². The van der Waals surface area contributed by atoms with E-state index in [1.165, 1.54) is 0 Å². The molecule has 0 spiro atoms. The number of aromatic nitrogens is 3. The van der Waals surface area contributed by atoms with E-state index in [1.807, 2.05) is 18.2 Å². The number of carbonyl (C=O) groups is 1. The van der Waals surface area contributed by atoms with Gasteiger partial charge in [-0.2, -0.15) is 0 Å². The molecule has 0 bridgehead atoms. The molecule has 27 heavy (non-hydrogen) atoms.